The van der Waals surface area contributed by atoms with Crippen LogP contribution in [0.15, 0.2) is 28.9 Å². The minimum atomic E-state index is 0.520. The molecule has 1 aliphatic carbocycles. The van der Waals surface area contributed by atoms with Crippen LogP contribution in [0.3, 0.4) is 0 Å². The second kappa shape index (κ2) is 6.35. The minimum Gasteiger partial charge on any atom is -0.313 e. The van der Waals surface area contributed by atoms with Gasteiger partial charge in [-0.2, -0.15) is 0 Å². The quantitative estimate of drug-likeness (QED) is 0.809. The first-order valence-corrected chi connectivity index (χ1v) is 7.22. The number of aromatic nitrogens is 1. The van der Waals surface area contributed by atoms with Crippen LogP contribution in [0.5, 0.6) is 0 Å². The zero-order valence-corrected chi connectivity index (χ0v) is 12.8. The van der Waals surface area contributed by atoms with Crippen molar-refractivity contribution in [1.29, 1.82) is 0 Å². The van der Waals surface area contributed by atoms with Crippen molar-refractivity contribution in [2.75, 3.05) is 5.32 Å². The van der Waals surface area contributed by atoms with Crippen LogP contribution in [0.2, 0.25) is 5.02 Å². The van der Waals surface area contributed by atoms with Crippen molar-refractivity contribution in [3.05, 3.63) is 33.9 Å². The molecule has 1 heterocycles. The van der Waals surface area contributed by atoms with E-state index in [4.69, 9.17) is 11.6 Å². The maximum Gasteiger partial charge on any atom is 0.212 e. The first kappa shape index (κ1) is 14.3. The number of rotatable bonds is 2. The van der Waals surface area contributed by atoms with Crippen LogP contribution in [0.1, 0.15) is 19.8 Å². The highest BCUT2D eigenvalue weighted by molar-refractivity contribution is 9.10. The molecule has 3 rings (SSSR count). The van der Waals surface area contributed by atoms with Gasteiger partial charge in [0.2, 0.25) is 6.41 Å². The third-order valence-corrected chi connectivity index (χ3v) is 4.03. The number of fused-ring (bicyclic) bond motifs is 1. The molecule has 1 fully saturated rings. The second-order valence-electron chi connectivity index (χ2n) is 4.63. The zero-order chi connectivity index (χ0) is 13.8. The van der Waals surface area contributed by atoms with Crippen molar-refractivity contribution in [1.82, 2.24) is 4.98 Å². The smallest absolute Gasteiger partial charge is 0.212 e. The SMILES string of the molecule is CC1CC1.O=CNc1cc2cc(Br)c(Cl)cc2cn1. The highest BCUT2D eigenvalue weighted by atomic mass is 79.9. The Morgan fingerprint density at radius 2 is 2.05 bits per heavy atom. The summed E-state index contributed by atoms with van der Waals surface area (Å²) < 4.78 is 0.819. The van der Waals surface area contributed by atoms with Crippen molar-refractivity contribution >= 4 is 50.5 Å². The Morgan fingerprint density at radius 3 is 2.63 bits per heavy atom. The fourth-order valence-corrected chi connectivity index (χ4v) is 1.98. The third-order valence-electron chi connectivity index (χ3n) is 2.83. The minimum absolute atomic E-state index is 0.520. The Balaban J connectivity index is 0.000000284. The first-order chi connectivity index (χ1) is 9.10. The molecule has 0 bridgehead atoms. The predicted molar refractivity (Wildman–Crippen MR) is 82.5 cm³/mol. The third kappa shape index (κ3) is 4.18. The molecule has 1 aromatic carbocycles. The van der Waals surface area contributed by atoms with E-state index in [1.807, 2.05) is 12.1 Å². The summed E-state index contributed by atoms with van der Waals surface area (Å²) in [6.45, 7) is 2.28. The van der Waals surface area contributed by atoms with Gasteiger partial charge in [0.1, 0.15) is 5.82 Å². The number of halogens is 2. The van der Waals surface area contributed by atoms with Crippen LogP contribution in [0, 0.1) is 5.92 Å². The lowest BCUT2D eigenvalue weighted by molar-refractivity contribution is -0.105. The lowest BCUT2D eigenvalue weighted by Crippen LogP contribution is -1.95. The van der Waals surface area contributed by atoms with Crippen molar-refractivity contribution in [2.45, 2.75) is 19.8 Å². The van der Waals surface area contributed by atoms with E-state index in [1.54, 1.807) is 12.3 Å². The zero-order valence-electron chi connectivity index (χ0n) is 10.5. The van der Waals surface area contributed by atoms with E-state index in [9.17, 15) is 4.79 Å². The largest absolute Gasteiger partial charge is 0.313 e. The van der Waals surface area contributed by atoms with E-state index < -0.39 is 0 Å². The van der Waals surface area contributed by atoms with Gasteiger partial charge in [-0.1, -0.05) is 31.4 Å². The summed E-state index contributed by atoms with van der Waals surface area (Å²) in [6.07, 6.45) is 5.23. The van der Waals surface area contributed by atoms with Crippen molar-refractivity contribution in [3.8, 4) is 0 Å². The lowest BCUT2D eigenvalue weighted by Gasteiger charge is -2.03. The van der Waals surface area contributed by atoms with Gasteiger partial charge in [-0.05, 0) is 45.4 Å². The molecular formula is C14H14BrClN2O. The van der Waals surface area contributed by atoms with Gasteiger partial charge in [-0.3, -0.25) is 4.79 Å². The molecule has 0 unspecified atom stereocenters. The predicted octanol–water partition coefficient (Wildman–Crippen LogP) is 4.64. The van der Waals surface area contributed by atoms with Gasteiger partial charge in [0, 0.05) is 16.1 Å². The monoisotopic (exact) mass is 340 g/mol. The normalized spacial score (nSPS) is 13.6. The highest BCUT2D eigenvalue weighted by Gasteiger charge is 2.12. The molecule has 1 aliphatic rings. The van der Waals surface area contributed by atoms with Crippen LogP contribution in [-0.2, 0) is 4.79 Å². The van der Waals surface area contributed by atoms with E-state index in [2.05, 4.69) is 33.2 Å². The number of hydrogen-bond donors (Lipinski definition) is 1. The number of benzene rings is 1. The average Bonchev–Trinajstić information content (AvgIpc) is 3.15. The van der Waals surface area contributed by atoms with Gasteiger partial charge in [0.25, 0.3) is 0 Å². The van der Waals surface area contributed by atoms with Crippen molar-refractivity contribution in [3.63, 3.8) is 0 Å². The van der Waals surface area contributed by atoms with Gasteiger partial charge < -0.3 is 5.32 Å². The second-order valence-corrected chi connectivity index (χ2v) is 5.89. The fourth-order valence-electron chi connectivity index (χ4n) is 1.44. The van der Waals surface area contributed by atoms with Gasteiger partial charge in [-0.15, -0.1) is 0 Å². The molecule has 0 radical (unpaired) electrons. The van der Waals surface area contributed by atoms with Crippen LogP contribution in [0.4, 0.5) is 5.82 Å². The Bertz CT molecular complexity index is 599. The standard InChI is InChI=1S/C10H6BrClN2O.C4H8/c11-8-1-6-3-10(14-5-15)13-4-7(6)2-9(8)12;1-4-2-3-4/h1-5H,(H,13,14,15);4H,2-3H2,1H3. The Hall–Kier alpha value is -1.13. The van der Waals surface area contributed by atoms with Crippen molar-refractivity contribution in [2.24, 2.45) is 5.92 Å². The molecule has 1 saturated carbocycles. The summed E-state index contributed by atoms with van der Waals surface area (Å²) in [5, 5.41) is 5.03. The molecule has 2 aromatic rings. The number of pyridine rings is 1. The van der Waals surface area contributed by atoms with E-state index in [-0.39, 0.29) is 0 Å². The van der Waals surface area contributed by atoms with E-state index in [0.717, 1.165) is 21.2 Å². The number of carbonyl (C=O) groups excluding carboxylic acids is 1. The molecule has 0 aliphatic heterocycles. The van der Waals surface area contributed by atoms with Crippen LogP contribution >= 0.6 is 27.5 Å². The molecule has 1 amide bonds. The molecule has 5 heteroatoms. The molecule has 1 N–H and O–H groups in total. The fraction of sp³-hybridized carbons (Fsp3) is 0.286. The van der Waals surface area contributed by atoms with E-state index in [0.29, 0.717) is 17.3 Å². The van der Waals surface area contributed by atoms with Gasteiger partial charge in [-0.25, -0.2) is 4.98 Å². The summed E-state index contributed by atoms with van der Waals surface area (Å²) in [6, 6.07) is 5.48. The Morgan fingerprint density at radius 1 is 1.37 bits per heavy atom. The number of anilines is 1. The average molecular weight is 342 g/mol. The first-order valence-electron chi connectivity index (χ1n) is 6.05. The Kier molecular flexibility index (Phi) is 4.77. The number of nitrogens with zero attached hydrogens (tertiary/aromatic N) is 1. The van der Waals surface area contributed by atoms with Gasteiger partial charge in [0.05, 0.1) is 5.02 Å². The van der Waals surface area contributed by atoms with Gasteiger partial charge >= 0.3 is 0 Å². The number of amides is 1. The maximum absolute atomic E-state index is 10.2. The van der Waals surface area contributed by atoms with Crippen molar-refractivity contribution < 1.29 is 4.79 Å². The van der Waals surface area contributed by atoms with Gasteiger partial charge in [0.15, 0.2) is 0 Å². The van der Waals surface area contributed by atoms with Crippen LogP contribution in [0.25, 0.3) is 10.8 Å². The number of carbonyl (C=O) groups is 1. The molecule has 19 heavy (non-hydrogen) atoms. The molecule has 0 spiro atoms. The summed E-state index contributed by atoms with van der Waals surface area (Å²) >= 11 is 9.28. The molecule has 0 atom stereocenters. The number of nitrogens with one attached hydrogen (secondary N) is 1. The van der Waals surface area contributed by atoms with Crippen LogP contribution < -0.4 is 5.32 Å². The van der Waals surface area contributed by atoms with E-state index in [1.165, 1.54) is 12.8 Å². The summed E-state index contributed by atoms with van der Waals surface area (Å²) in [4.78, 5) is 14.3. The summed E-state index contributed by atoms with van der Waals surface area (Å²) in [5.74, 6) is 1.60. The number of hydrogen-bond acceptors (Lipinski definition) is 2. The van der Waals surface area contributed by atoms with E-state index >= 15 is 0 Å². The molecule has 0 saturated heterocycles. The maximum atomic E-state index is 10.2. The highest BCUT2D eigenvalue weighted by Crippen LogP contribution is 2.28. The molecule has 100 valence electrons. The molecule has 1 aromatic heterocycles. The van der Waals surface area contributed by atoms with Crippen LogP contribution in [-0.4, -0.2) is 11.4 Å². The topological polar surface area (TPSA) is 42.0 Å². The summed E-state index contributed by atoms with van der Waals surface area (Å²) in [7, 11) is 0. The molecular weight excluding hydrogens is 328 g/mol. The molecule has 3 nitrogen and oxygen atoms in total. The summed E-state index contributed by atoms with van der Waals surface area (Å²) in [5.41, 5.74) is 0. The lowest BCUT2D eigenvalue weighted by atomic mass is 10.2. The Labute approximate surface area is 125 Å².